The second-order valence-corrected chi connectivity index (χ2v) is 3.98. The lowest BCUT2D eigenvalue weighted by atomic mass is 10.2. The van der Waals surface area contributed by atoms with Gasteiger partial charge in [0.25, 0.3) is 0 Å². The van der Waals surface area contributed by atoms with Crippen LogP contribution in [0.5, 0.6) is 0 Å². The Bertz CT molecular complexity index is 257. The molecule has 0 aliphatic carbocycles. The van der Waals surface area contributed by atoms with E-state index in [1.807, 2.05) is 4.68 Å². The third-order valence-electron chi connectivity index (χ3n) is 2.58. The first-order valence-electron chi connectivity index (χ1n) is 6.13. The van der Waals surface area contributed by atoms with Gasteiger partial charge in [-0.15, -0.1) is 5.10 Å². The SMILES string of the molecule is CCCCCCn1nnnc1CCCC. The molecule has 0 bridgehead atoms. The Balaban J connectivity index is 2.29. The van der Waals surface area contributed by atoms with Crippen LogP contribution in [0.2, 0.25) is 0 Å². The van der Waals surface area contributed by atoms with E-state index >= 15 is 0 Å². The smallest absolute Gasteiger partial charge is 0.151 e. The first-order chi connectivity index (χ1) is 7.38. The van der Waals surface area contributed by atoms with Gasteiger partial charge in [0.1, 0.15) is 0 Å². The zero-order chi connectivity index (χ0) is 10.9. The van der Waals surface area contributed by atoms with Gasteiger partial charge in [0.2, 0.25) is 0 Å². The van der Waals surface area contributed by atoms with Crippen LogP contribution < -0.4 is 0 Å². The fourth-order valence-electron chi connectivity index (χ4n) is 1.60. The van der Waals surface area contributed by atoms with Gasteiger partial charge < -0.3 is 0 Å². The predicted octanol–water partition coefficient (Wildman–Crippen LogP) is 2.60. The zero-order valence-electron chi connectivity index (χ0n) is 9.95. The minimum Gasteiger partial charge on any atom is -0.230 e. The van der Waals surface area contributed by atoms with E-state index in [0.717, 1.165) is 18.8 Å². The van der Waals surface area contributed by atoms with Crippen molar-refractivity contribution in [3.8, 4) is 0 Å². The maximum Gasteiger partial charge on any atom is 0.151 e. The van der Waals surface area contributed by atoms with Gasteiger partial charge in [-0.05, 0) is 23.3 Å². The fraction of sp³-hybridized carbons (Fsp3) is 0.909. The first-order valence-corrected chi connectivity index (χ1v) is 6.13. The molecule has 0 atom stereocenters. The summed E-state index contributed by atoms with van der Waals surface area (Å²) in [5, 5.41) is 11.8. The molecule has 1 heterocycles. The summed E-state index contributed by atoms with van der Waals surface area (Å²) < 4.78 is 1.96. The largest absolute Gasteiger partial charge is 0.230 e. The van der Waals surface area contributed by atoms with Crippen molar-refractivity contribution in [1.29, 1.82) is 0 Å². The highest BCUT2D eigenvalue weighted by molar-refractivity contribution is 4.80. The molecule has 1 aromatic heterocycles. The van der Waals surface area contributed by atoms with Crippen LogP contribution in [0.15, 0.2) is 0 Å². The summed E-state index contributed by atoms with van der Waals surface area (Å²) in [7, 11) is 0. The molecule has 1 rings (SSSR count). The Hall–Kier alpha value is -0.930. The minimum absolute atomic E-state index is 0.978. The van der Waals surface area contributed by atoms with Gasteiger partial charge in [0.05, 0.1) is 0 Å². The zero-order valence-corrected chi connectivity index (χ0v) is 9.95. The van der Waals surface area contributed by atoms with E-state index in [-0.39, 0.29) is 0 Å². The quantitative estimate of drug-likeness (QED) is 0.619. The highest BCUT2D eigenvalue weighted by Gasteiger charge is 2.04. The van der Waals surface area contributed by atoms with E-state index in [1.165, 1.54) is 38.5 Å². The van der Waals surface area contributed by atoms with E-state index in [0.29, 0.717) is 0 Å². The molecule has 0 unspecified atom stereocenters. The molecule has 4 nitrogen and oxygen atoms in total. The van der Waals surface area contributed by atoms with E-state index < -0.39 is 0 Å². The molecular weight excluding hydrogens is 188 g/mol. The van der Waals surface area contributed by atoms with Gasteiger partial charge >= 0.3 is 0 Å². The molecule has 0 spiro atoms. The lowest BCUT2D eigenvalue weighted by Crippen LogP contribution is -2.06. The highest BCUT2D eigenvalue weighted by Crippen LogP contribution is 2.04. The van der Waals surface area contributed by atoms with Gasteiger partial charge in [0.15, 0.2) is 5.82 Å². The highest BCUT2D eigenvalue weighted by atomic mass is 15.5. The van der Waals surface area contributed by atoms with E-state index in [2.05, 4.69) is 29.4 Å². The molecule has 0 aliphatic heterocycles. The van der Waals surface area contributed by atoms with Crippen molar-refractivity contribution in [3.05, 3.63) is 5.82 Å². The Morgan fingerprint density at radius 1 is 1.00 bits per heavy atom. The average molecular weight is 210 g/mol. The molecule has 86 valence electrons. The molecule has 0 fully saturated rings. The van der Waals surface area contributed by atoms with Crippen molar-refractivity contribution in [2.45, 2.75) is 65.3 Å². The molecule has 0 radical (unpaired) electrons. The molecule has 0 amide bonds. The van der Waals surface area contributed by atoms with Crippen LogP contribution in [0.4, 0.5) is 0 Å². The van der Waals surface area contributed by atoms with Gasteiger partial charge in [-0.25, -0.2) is 4.68 Å². The number of unbranched alkanes of at least 4 members (excludes halogenated alkanes) is 4. The number of hydrogen-bond acceptors (Lipinski definition) is 3. The Morgan fingerprint density at radius 2 is 1.80 bits per heavy atom. The number of rotatable bonds is 8. The number of aromatic nitrogens is 4. The summed E-state index contributed by atoms with van der Waals surface area (Å²) >= 11 is 0. The van der Waals surface area contributed by atoms with Crippen molar-refractivity contribution < 1.29 is 0 Å². The summed E-state index contributed by atoms with van der Waals surface area (Å²) in [5.74, 6) is 1.05. The molecule has 0 aliphatic rings. The van der Waals surface area contributed by atoms with Gasteiger partial charge in [-0.2, -0.15) is 0 Å². The van der Waals surface area contributed by atoms with E-state index in [4.69, 9.17) is 0 Å². The molecule has 0 saturated carbocycles. The Kier molecular flexibility index (Phi) is 5.97. The molecule has 1 aromatic rings. The van der Waals surface area contributed by atoms with Crippen LogP contribution in [0.25, 0.3) is 0 Å². The van der Waals surface area contributed by atoms with Gasteiger partial charge in [0, 0.05) is 13.0 Å². The van der Waals surface area contributed by atoms with Crippen LogP contribution in [-0.4, -0.2) is 20.2 Å². The lowest BCUT2D eigenvalue weighted by molar-refractivity contribution is 0.508. The second kappa shape index (κ2) is 7.37. The Labute approximate surface area is 92.1 Å². The lowest BCUT2D eigenvalue weighted by Gasteiger charge is -2.03. The van der Waals surface area contributed by atoms with Crippen LogP contribution in [0.3, 0.4) is 0 Å². The third-order valence-corrected chi connectivity index (χ3v) is 2.58. The maximum absolute atomic E-state index is 4.05. The third kappa shape index (κ3) is 4.40. The maximum atomic E-state index is 4.05. The van der Waals surface area contributed by atoms with Crippen LogP contribution in [0, 0.1) is 0 Å². The van der Waals surface area contributed by atoms with Crippen molar-refractivity contribution in [2.24, 2.45) is 0 Å². The second-order valence-electron chi connectivity index (χ2n) is 3.98. The molecule has 0 aromatic carbocycles. The topological polar surface area (TPSA) is 43.6 Å². The number of hydrogen-bond donors (Lipinski definition) is 0. The van der Waals surface area contributed by atoms with Crippen molar-refractivity contribution in [3.63, 3.8) is 0 Å². The van der Waals surface area contributed by atoms with Gasteiger partial charge in [-0.1, -0.05) is 39.5 Å². The molecule has 0 N–H and O–H groups in total. The minimum atomic E-state index is 0.978. The first kappa shape index (κ1) is 12.1. The van der Waals surface area contributed by atoms with Crippen molar-refractivity contribution in [2.75, 3.05) is 0 Å². The molecular formula is C11H22N4. The summed E-state index contributed by atoms with van der Waals surface area (Å²) in [6.45, 7) is 5.39. The van der Waals surface area contributed by atoms with Crippen LogP contribution in [0.1, 0.15) is 58.2 Å². The van der Waals surface area contributed by atoms with E-state index in [1.54, 1.807) is 0 Å². The molecule has 4 heteroatoms. The fourth-order valence-corrected chi connectivity index (χ4v) is 1.60. The molecule has 0 saturated heterocycles. The monoisotopic (exact) mass is 210 g/mol. The number of nitrogens with zero attached hydrogens (tertiary/aromatic N) is 4. The average Bonchev–Trinajstić information content (AvgIpc) is 2.69. The van der Waals surface area contributed by atoms with Crippen LogP contribution >= 0.6 is 0 Å². The number of tetrazole rings is 1. The molecule has 15 heavy (non-hydrogen) atoms. The standard InChI is InChI=1S/C11H22N4/c1-3-5-7-8-10-15-11(9-6-4-2)12-13-14-15/h3-10H2,1-2H3. The summed E-state index contributed by atoms with van der Waals surface area (Å²) in [5.41, 5.74) is 0. The predicted molar refractivity (Wildman–Crippen MR) is 60.6 cm³/mol. The van der Waals surface area contributed by atoms with Crippen LogP contribution in [-0.2, 0) is 13.0 Å². The van der Waals surface area contributed by atoms with Crippen molar-refractivity contribution in [1.82, 2.24) is 20.2 Å². The number of aryl methyl sites for hydroxylation is 2. The summed E-state index contributed by atoms with van der Waals surface area (Å²) in [6.07, 6.45) is 8.45. The summed E-state index contributed by atoms with van der Waals surface area (Å²) in [6, 6.07) is 0. The summed E-state index contributed by atoms with van der Waals surface area (Å²) in [4.78, 5) is 0. The van der Waals surface area contributed by atoms with E-state index in [9.17, 15) is 0 Å². The van der Waals surface area contributed by atoms with Gasteiger partial charge in [-0.3, -0.25) is 0 Å². The Morgan fingerprint density at radius 3 is 2.53 bits per heavy atom. The normalized spacial score (nSPS) is 10.8. The van der Waals surface area contributed by atoms with Crippen molar-refractivity contribution >= 4 is 0 Å².